The highest BCUT2D eigenvalue weighted by molar-refractivity contribution is 5.24. The van der Waals surface area contributed by atoms with Crippen molar-refractivity contribution in [2.45, 2.75) is 130 Å². The van der Waals surface area contributed by atoms with E-state index >= 15 is 0 Å². The second-order valence-corrected chi connectivity index (χ2v) is 14.7. The van der Waals surface area contributed by atoms with Crippen LogP contribution >= 0.6 is 0 Å². The van der Waals surface area contributed by atoms with Crippen LogP contribution in [0.5, 0.6) is 0 Å². The summed E-state index contributed by atoms with van der Waals surface area (Å²) in [5.74, 6) is 5.44. The third kappa shape index (κ3) is 3.95. The van der Waals surface area contributed by atoms with Gasteiger partial charge in [-0.05, 0) is 97.9 Å². The van der Waals surface area contributed by atoms with E-state index in [0.717, 1.165) is 42.1 Å². The number of rotatable bonds is 8. The molecule has 1 saturated heterocycles. The van der Waals surface area contributed by atoms with Gasteiger partial charge in [0.1, 0.15) is 11.7 Å². The number of benzene rings is 1. The van der Waals surface area contributed by atoms with E-state index < -0.39 is 0 Å². The van der Waals surface area contributed by atoms with Gasteiger partial charge in [0.15, 0.2) is 0 Å². The maximum Gasteiger partial charge on any atom is 0.114 e. The Morgan fingerprint density at radius 2 is 1.69 bits per heavy atom. The monoisotopic (exact) mass is 492 g/mol. The Labute approximate surface area is 221 Å². The maximum atomic E-state index is 6.76. The Bertz CT molecular complexity index is 911. The number of hydrogen-bond acceptors (Lipinski definition) is 2. The van der Waals surface area contributed by atoms with Gasteiger partial charge in [-0.3, -0.25) is 0 Å². The van der Waals surface area contributed by atoms with Gasteiger partial charge < -0.3 is 9.47 Å². The van der Waals surface area contributed by atoms with E-state index in [1.165, 1.54) is 76.2 Å². The first-order chi connectivity index (χ1) is 17.3. The van der Waals surface area contributed by atoms with Crippen LogP contribution in [0.4, 0.5) is 0 Å². The van der Waals surface area contributed by atoms with E-state index in [4.69, 9.17) is 9.47 Å². The van der Waals surface area contributed by atoms with Gasteiger partial charge in [-0.2, -0.15) is 0 Å². The minimum Gasteiger partial charge on any atom is -0.371 e. The summed E-state index contributed by atoms with van der Waals surface area (Å²) in [6, 6.07) is 10.7. The van der Waals surface area contributed by atoms with Gasteiger partial charge in [0, 0.05) is 5.41 Å². The Hall–Kier alpha value is -0.860. The zero-order valence-corrected chi connectivity index (χ0v) is 23.8. The molecule has 200 valence electrons. The van der Waals surface area contributed by atoms with E-state index in [1.54, 1.807) is 0 Å². The molecule has 10 atom stereocenters. The molecule has 1 aromatic carbocycles. The van der Waals surface area contributed by atoms with Crippen molar-refractivity contribution in [2.24, 2.45) is 46.3 Å². The standard InChI is InChI=1S/C34H52O2/c1-23(2)10-9-11-24(3)27-14-15-28-26-16-21-34-31(36-34)30(35-22-25-12-7-6-8-13-25)18-20-33(34,5)29(26)17-19-32(27,28)4/h6-8,12-13,23-24,26-31H,9-11,14-22H2,1-5H3. The zero-order chi connectivity index (χ0) is 25.1. The van der Waals surface area contributed by atoms with Crippen molar-refractivity contribution in [2.75, 3.05) is 0 Å². The van der Waals surface area contributed by atoms with Crippen LogP contribution in [-0.2, 0) is 16.1 Å². The first kappa shape index (κ1) is 25.4. The van der Waals surface area contributed by atoms with Crippen molar-refractivity contribution < 1.29 is 9.47 Å². The maximum absolute atomic E-state index is 6.76. The molecule has 1 spiro atoms. The molecule has 5 fully saturated rings. The normalized spacial score (nSPS) is 45.9. The smallest absolute Gasteiger partial charge is 0.114 e. The first-order valence-electron chi connectivity index (χ1n) is 15.6. The highest BCUT2D eigenvalue weighted by atomic mass is 16.6. The number of hydrogen-bond donors (Lipinski definition) is 0. The summed E-state index contributed by atoms with van der Waals surface area (Å²) < 4.78 is 13.3. The van der Waals surface area contributed by atoms with E-state index in [2.05, 4.69) is 65.0 Å². The van der Waals surface area contributed by atoms with Crippen molar-refractivity contribution in [3.05, 3.63) is 35.9 Å². The number of epoxide rings is 1. The van der Waals surface area contributed by atoms with Gasteiger partial charge in [-0.25, -0.2) is 0 Å². The Kier molecular flexibility index (Phi) is 6.64. The molecule has 1 aromatic rings. The molecule has 0 amide bonds. The fraction of sp³-hybridized carbons (Fsp3) is 0.824. The highest BCUT2D eigenvalue weighted by Gasteiger charge is 2.76. The second kappa shape index (κ2) is 9.41. The number of ether oxygens (including phenoxy) is 2. The molecule has 4 saturated carbocycles. The summed E-state index contributed by atoms with van der Waals surface area (Å²) in [6.45, 7) is 13.4. The van der Waals surface area contributed by atoms with Gasteiger partial charge >= 0.3 is 0 Å². The molecule has 0 radical (unpaired) electrons. The molecular formula is C34H52O2. The molecule has 10 unspecified atom stereocenters. The quantitative estimate of drug-likeness (QED) is 0.338. The van der Waals surface area contributed by atoms with Crippen LogP contribution in [0.3, 0.4) is 0 Å². The summed E-state index contributed by atoms with van der Waals surface area (Å²) >= 11 is 0. The third-order valence-corrected chi connectivity index (χ3v) is 12.6. The summed E-state index contributed by atoms with van der Waals surface area (Å²) in [6.07, 6.45) is 15.9. The van der Waals surface area contributed by atoms with Crippen LogP contribution in [0.15, 0.2) is 30.3 Å². The molecule has 5 aliphatic rings. The minimum atomic E-state index is 0.115. The molecule has 2 heteroatoms. The molecule has 1 heterocycles. The van der Waals surface area contributed by atoms with Gasteiger partial charge in [-0.15, -0.1) is 0 Å². The lowest BCUT2D eigenvalue weighted by molar-refractivity contribution is -0.124. The molecule has 1 aliphatic heterocycles. The van der Waals surface area contributed by atoms with Gasteiger partial charge in [0.2, 0.25) is 0 Å². The van der Waals surface area contributed by atoms with Gasteiger partial charge in [-0.1, -0.05) is 84.2 Å². The molecule has 36 heavy (non-hydrogen) atoms. The lowest BCUT2D eigenvalue weighted by atomic mass is 9.44. The SMILES string of the molecule is CC(C)CCCC(C)C1CCC2C3CCC45OC4C(OCc4ccccc4)CCC5(C)C3CCC12C. The average molecular weight is 493 g/mol. The molecule has 6 rings (SSSR count). The predicted molar refractivity (Wildman–Crippen MR) is 148 cm³/mol. The Morgan fingerprint density at radius 3 is 2.47 bits per heavy atom. The number of fused-ring (bicyclic) bond motifs is 4. The van der Waals surface area contributed by atoms with Crippen molar-refractivity contribution in [3.8, 4) is 0 Å². The molecule has 0 bridgehead atoms. The largest absolute Gasteiger partial charge is 0.371 e. The molecular weight excluding hydrogens is 440 g/mol. The predicted octanol–water partition coefficient (Wildman–Crippen LogP) is 8.82. The van der Waals surface area contributed by atoms with Crippen molar-refractivity contribution in [1.82, 2.24) is 0 Å². The Balaban J connectivity index is 1.12. The lowest BCUT2D eigenvalue weighted by Crippen LogP contribution is -2.58. The molecule has 0 N–H and O–H groups in total. The average Bonchev–Trinajstić information content (AvgIpc) is 3.50. The van der Waals surface area contributed by atoms with Crippen LogP contribution in [0.25, 0.3) is 0 Å². The zero-order valence-electron chi connectivity index (χ0n) is 23.8. The topological polar surface area (TPSA) is 21.8 Å². The summed E-state index contributed by atoms with van der Waals surface area (Å²) in [5, 5.41) is 0. The van der Waals surface area contributed by atoms with Crippen LogP contribution in [0.2, 0.25) is 0 Å². The van der Waals surface area contributed by atoms with Crippen molar-refractivity contribution in [3.63, 3.8) is 0 Å². The molecule has 2 nitrogen and oxygen atoms in total. The van der Waals surface area contributed by atoms with E-state index in [0.29, 0.717) is 16.9 Å². The Morgan fingerprint density at radius 1 is 0.889 bits per heavy atom. The lowest BCUT2D eigenvalue weighted by Gasteiger charge is -2.60. The third-order valence-electron chi connectivity index (χ3n) is 12.6. The van der Waals surface area contributed by atoms with Gasteiger partial charge in [0.25, 0.3) is 0 Å². The van der Waals surface area contributed by atoms with Crippen LogP contribution in [-0.4, -0.2) is 17.8 Å². The minimum absolute atomic E-state index is 0.115. The van der Waals surface area contributed by atoms with E-state index in [-0.39, 0.29) is 11.7 Å². The fourth-order valence-electron chi connectivity index (χ4n) is 10.7. The summed E-state index contributed by atoms with van der Waals surface area (Å²) in [4.78, 5) is 0. The highest BCUT2D eigenvalue weighted by Crippen LogP contribution is 2.73. The second-order valence-electron chi connectivity index (χ2n) is 14.7. The first-order valence-corrected chi connectivity index (χ1v) is 15.6. The summed E-state index contributed by atoms with van der Waals surface area (Å²) in [7, 11) is 0. The van der Waals surface area contributed by atoms with E-state index in [1.807, 2.05) is 0 Å². The van der Waals surface area contributed by atoms with Crippen LogP contribution in [0.1, 0.15) is 111 Å². The van der Waals surface area contributed by atoms with Crippen LogP contribution in [0, 0.1) is 46.3 Å². The van der Waals surface area contributed by atoms with Gasteiger partial charge in [0.05, 0.1) is 12.7 Å². The van der Waals surface area contributed by atoms with E-state index in [9.17, 15) is 0 Å². The molecule has 0 aromatic heterocycles. The van der Waals surface area contributed by atoms with Crippen molar-refractivity contribution in [1.29, 1.82) is 0 Å². The molecule has 4 aliphatic carbocycles. The van der Waals surface area contributed by atoms with Crippen molar-refractivity contribution >= 4 is 0 Å². The van der Waals surface area contributed by atoms with Crippen LogP contribution < -0.4 is 0 Å². The fourth-order valence-corrected chi connectivity index (χ4v) is 10.7. The summed E-state index contributed by atoms with van der Waals surface area (Å²) in [5.41, 5.74) is 2.34.